The third kappa shape index (κ3) is 3.67. The van der Waals surface area contributed by atoms with Gasteiger partial charge in [0.15, 0.2) is 11.5 Å². The fraction of sp³-hybridized carbons (Fsp3) is 0.545. The highest BCUT2D eigenvalue weighted by atomic mass is 16.1. The third-order valence-corrected chi connectivity index (χ3v) is 2.49. The van der Waals surface area contributed by atoms with Gasteiger partial charge in [0.05, 0.1) is 0 Å². The van der Waals surface area contributed by atoms with Crippen molar-refractivity contribution in [2.45, 2.75) is 6.92 Å². The van der Waals surface area contributed by atoms with Gasteiger partial charge in [0.1, 0.15) is 0 Å². The summed E-state index contributed by atoms with van der Waals surface area (Å²) in [6, 6.07) is 3.44. The van der Waals surface area contributed by atoms with Crippen LogP contribution in [-0.4, -0.2) is 43.3 Å². The molecule has 6 nitrogen and oxygen atoms in total. The van der Waals surface area contributed by atoms with Crippen LogP contribution in [0.15, 0.2) is 12.1 Å². The minimum atomic E-state index is -0.234. The molecule has 0 fully saturated rings. The van der Waals surface area contributed by atoms with Gasteiger partial charge in [-0.1, -0.05) is 6.92 Å². The van der Waals surface area contributed by atoms with E-state index in [0.717, 1.165) is 12.4 Å². The van der Waals surface area contributed by atoms with E-state index in [1.54, 1.807) is 19.2 Å². The van der Waals surface area contributed by atoms with E-state index in [4.69, 9.17) is 5.73 Å². The highest BCUT2D eigenvalue weighted by molar-refractivity contribution is 5.91. The molecule has 1 rings (SSSR count). The van der Waals surface area contributed by atoms with Crippen LogP contribution >= 0.6 is 0 Å². The largest absolute Gasteiger partial charge is 0.358 e. The third-order valence-electron chi connectivity index (χ3n) is 2.49. The number of nitrogens with zero attached hydrogens (tertiary/aromatic N) is 3. The van der Waals surface area contributed by atoms with E-state index in [1.165, 1.54) is 0 Å². The molecule has 0 aliphatic rings. The lowest BCUT2D eigenvalue weighted by atomic mass is 10.2. The van der Waals surface area contributed by atoms with Crippen molar-refractivity contribution in [1.82, 2.24) is 15.5 Å². The zero-order chi connectivity index (χ0) is 12.8. The molecule has 0 radical (unpaired) electrons. The van der Waals surface area contributed by atoms with Gasteiger partial charge in [-0.15, -0.1) is 10.2 Å². The summed E-state index contributed by atoms with van der Waals surface area (Å²) in [5, 5.41) is 10.4. The molecule has 1 amide bonds. The fourth-order valence-corrected chi connectivity index (χ4v) is 1.41. The van der Waals surface area contributed by atoms with Crippen LogP contribution in [0.5, 0.6) is 0 Å². The Bertz CT molecular complexity index is 365. The van der Waals surface area contributed by atoms with Crippen LogP contribution in [0.25, 0.3) is 0 Å². The minimum absolute atomic E-state index is 0.234. The van der Waals surface area contributed by atoms with Gasteiger partial charge < -0.3 is 16.0 Å². The number of anilines is 1. The monoisotopic (exact) mass is 237 g/mol. The summed E-state index contributed by atoms with van der Waals surface area (Å²) in [4.78, 5) is 13.2. The summed E-state index contributed by atoms with van der Waals surface area (Å²) in [7, 11) is 3.49. The number of carbonyl (C=O) groups is 1. The lowest BCUT2D eigenvalue weighted by molar-refractivity contribution is 0.0957. The zero-order valence-corrected chi connectivity index (χ0v) is 10.5. The van der Waals surface area contributed by atoms with Crippen molar-refractivity contribution in [2.75, 3.05) is 32.1 Å². The second-order valence-electron chi connectivity index (χ2n) is 4.08. The maximum absolute atomic E-state index is 11.3. The molecule has 94 valence electrons. The number of hydrogen-bond donors (Lipinski definition) is 2. The SMILES string of the molecule is CNC(=O)c1ccc(N(C)CC(C)CN)nn1. The molecule has 0 aromatic carbocycles. The van der Waals surface area contributed by atoms with Gasteiger partial charge in [0.2, 0.25) is 0 Å². The highest BCUT2D eigenvalue weighted by Gasteiger charge is 2.09. The smallest absolute Gasteiger partial charge is 0.271 e. The molecule has 0 bridgehead atoms. The van der Waals surface area contributed by atoms with Crippen LogP contribution in [0, 0.1) is 5.92 Å². The first kappa shape index (κ1) is 13.4. The summed E-state index contributed by atoms with van der Waals surface area (Å²) in [6.45, 7) is 3.52. The topological polar surface area (TPSA) is 84.1 Å². The number of carbonyl (C=O) groups excluding carboxylic acids is 1. The Kier molecular flexibility index (Phi) is 4.84. The predicted octanol–water partition coefficient (Wildman–Crippen LogP) is -0.133. The second-order valence-corrected chi connectivity index (χ2v) is 4.08. The van der Waals surface area contributed by atoms with Crippen molar-refractivity contribution in [3.05, 3.63) is 17.8 Å². The van der Waals surface area contributed by atoms with Crippen LogP contribution in [0.3, 0.4) is 0 Å². The number of aromatic nitrogens is 2. The number of nitrogens with two attached hydrogens (primary N) is 1. The molecule has 1 aromatic heterocycles. The predicted molar refractivity (Wildman–Crippen MR) is 66.9 cm³/mol. The van der Waals surface area contributed by atoms with Crippen LogP contribution in [0.2, 0.25) is 0 Å². The zero-order valence-electron chi connectivity index (χ0n) is 10.5. The summed E-state index contributed by atoms with van der Waals surface area (Å²) in [5.74, 6) is 0.889. The molecule has 6 heteroatoms. The van der Waals surface area contributed by atoms with Crippen LogP contribution in [0.1, 0.15) is 17.4 Å². The molecule has 1 heterocycles. The highest BCUT2D eigenvalue weighted by Crippen LogP contribution is 2.09. The molecule has 1 aromatic rings. The van der Waals surface area contributed by atoms with Crippen molar-refractivity contribution in [2.24, 2.45) is 11.7 Å². The number of amides is 1. The quantitative estimate of drug-likeness (QED) is 0.745. The van der Waals surface area contributed by atoms with Gasteiger partial charge >= 0.3 is 0 Å². The Morgan fingerprint density at radius 2 is 2.24 bits per heavy atom. The summed E-state index contributed by atoms with van der Waals surface area (Å²) >= 11 is 0. The molecule has 1 atom stereocenters. The van der Waals surface area contributed by atoms with Gasteiger partial charge in [-0.25, -0.2) is 0 Å². The van der Waals surface area contributed by atoms with Crippen molar-refractivity contribution in [3.8, 4) is 0 Å². The molecular formula is C11H19N5O. The molecule has 17 heavy (non-hydrogen) atoms. The van der Waals surface area contributed by atoms with Crippen LogP contribution in [-0.2, 0) is 0 Å². The maximum atomic E-state index is 11.3. The average molecular weight is 237 g/mol. The van der Waals surface area contributed by atoms with E-state index in [2.05, 4.69) is 22.4 Å². The van der Waals surface area contributed by atoms with Gasteiger partial charge in [0, 0.05) is 20.6 Å². The van der Waals surface area contributed by atoms with Gasteiger partial charge in [-0.05, 0) is 24.6 Å². The van der Waals surface area contributed by atoms with E-state index >= 15 is 0 Å². The normalized spacial score (nSPS) is 12.0. The molecule has 1 unspecified atom stereocenters. The molecule has 3 N–H and O–H groups in total. The van der Waals surface area contributed by atoms with Gasteiger partial charge in [-0.3, -0.25) is 4.79 Å². The van der Waals surface area contributed by atoms with E-state index < -0.39 is 0 Å². The van der Waals surface area contributed by atoms with Crippen LogP contribution < -0.4 is 16.0 Å². The average Bonchev–Trinajstić information content (AvgIpc) is 2.37. The first-order valence-corrected chi connectivity index (χ1v) is 5.55. The lowest BCUT2D eigenvalue weighted by Crippen LogP contribution is -2.29. The van der Waals surface area contributed by atoms with E-state index in [9.17, 15) is 4.79 Å². The van der Waals surface area contributed by atoms with E-state index in [0.29, 0.717) is 18.2 Å². The standard InChI is InChI=1S/C11H19N5O/c1-8(6-12)7-16(3)10-5-4-9(14-15-10)11(17)13-2/h4-5,8H,6-7,12H2,1-3H3,(H,13,17). The first-order valence-electron chi connectivity index (χ1n) is 5.55. The van der Waals surface area contributed by atoms with Gasteiger partial charge in [-0.2, -0.15) is 0 Å². The summed E-state index contributed by atoms with van der Waals surface area (Å²) < 4.78 is 0. The molecule has 0 aliphatic heterocycles. The number of nitrogens with one attached hydrogen (secondary N) is 1. The Hall–Kier alpha value is -1.69. The molecule has 0 saturated heterocycles. The summed E-state index contributed by atoms with van der Waals surface area (Å²) in [5.41, 5.74) is 5.88. The maximum Gasteiger partial charge on any atom is 0.271 e. The Labute approximate surface area is 101 Å². The fourth-order valence-electron chi connectivity index (χ4n) is 1.41. The first-order chi connectivity index (χ1) is 8.08. The summed E-state index contributed by atoms with van der Waals surface area (Å²) in [6.07, 6.45) is 0. The molecule has 0 aliphatic carbocycles. The number of rotatable bonds is 5. The molecule has 0 spiro atoms. The minimum Gasteiger partial charge on any atom is -0.358 e. The van der Waals surface area contributed by atoms with Crippen molar-refractivity contribution in [3.63, 3.8) is 0 Å². The second kappa shape index (κ2) is 6.15. The number of hydrogen-bond acceptors (Lipinski definition) is 5. The van der Waals surface area contributed by atoms with Crippen LogP contribution in [0.4, 0.5) is 5.82 Å². The van der Waals surface area contributed by atoms with E-state index in [-0.39, 0.29) is 5.91 Å². The molecule has 0 saturated carbocycles. The van der Waals surface area contributed by atoms with Crippen molar-refractivity contribution in [1.29, 1.82) is 0 Å². The van der Waals surface area contributed by atoms with Gasteiger partial charge in [0.25, 0.3) is 5.91 Å². The lowest BCUT2D eigenvalue weighted by Gasteiger charge is -2.20. The van der Waals surface area contributed by atoms with E-state index in [1.807, 2.05) is 11.9 Å². The molecular weight excluding hydrogens is 218 g/mol. The Morgan fingerprint density at radius 3 is 2.71 bits per heavy atom. The van der Waals surface area contributed by atoms with Crippen molar-refractivity contribution < 1.29 is 4.79 Å². The Morgan fingerprint density at radius 1 is 1.53 bits per heavy atom. The Balaban J connectivity index is 2.70. The van der Waals surface area contributed by atoms with Crippen molar-refractivity contribution >= 4 is 11.7 Å².